The smallest absolute Gasteiger partial charge is 0.0696 e. The highest BCUT2D eigenvalue weighted by Gasteiger charge is 1.88. The molecule has 2 heteroatoms. The van der Waals surface area contributed by atoms with Crippen LogP contribution in [-0.2, 0) is 0 Å². The average molecular weight is 116 g/mol. The highest BCUT2D eigenvalue weighted by atomic mass is 16.3. The maximum Gasteiger partial charge on any atom is 0.0696 e. The van der Waals surface area contributed by atoms with E-state index in [4.69, 9.17) is 10.2 Å². The van der Waals surface area contributed by atoms with Crippen LogP contribution in [-0.4, -0.2) is 22.9 Å². The van der Waals surface area contributed by atoms with Gasteiger partial charge in [0.05, 0.1) is 12.7 Å². The summed E-state index contributed by atoms with van der Waals surface area (Å²) in [5.41, 5.74) is 0.806. The molecular weight excluding hydrogens is 104 g/mol. The van der Waals surface area contributed by atoms with Gasteiger partial charge in [-0.25, -0.2) is 0 Å². The molecule has 0 spiro atoms. The quantitative estimate of drug-likeness (QED) is 0.509. The number of hydrogen-bond acceptors (Lipinski definition) is 2. The fourth-order valence-electron chi connectivity index (χ4n) is 0.464. The van der Waals surface area contributed by atoms with Crippen molar-refractivity contribution in [3.05, 3.63) is 11.6 Å². The van der Waals surface area contributed by atoms with Gasteiger partial charge < -0.3 is 10.2 Å². The summed E-state index contributed by atoms with van der Waals surface area (Å²) in [6.07, 6.45) is 1.17. The first-order valence-electron chi connectivity index (χ1n) is 2.63. The lowest BCUT2D eigenvalue weighted by Crippen LogP contribution is -1.96. The van der Waals surface area contributed by atoms with Crippen molar-refractivity contribution in [3.8, 4) is 0 Å². The van der Waals surface area contributed by atoms with E-state index in [0.29, 0.717) is 0 Å². The van der Waals surface area contributed by atoms with Crippen LogP contribution in [0.25, 0.3) is 0 Å². The zero-order chi connectivity index (χ0) is 6.57. The van der Waals surface area contributed by atoms with Crippen molar-refractivity contribution >= 4 is 0 Å². The Hall–Kier alpha value is -0.340. The summed E-state index contributed by atoms with van der Waals surface area (Å²) in [6.45, 7) is 3.46. The van der Waals surface area contributed by atoms with E-state index in [2.05, 4.69) is 0 Å². The molecule has 0 aliphatic carbocycles. The lowest BCUT2D eigenvalue weighted by Gasteiger charge is -1.96. The molecule has 48 valence electrons. The van der Waals surface area contributed by atoms with Gasteiger partial charge in [0.1, 0.15) is 0 Å². The Morgan fingerprint density at radius 2 is 2.25 bits per heavy atom. The summed E-state index contributed by atoms with van der Waals surface area (Å²) < 4.78 is 0. The van der Waals surface area contributed by atoms with Gasteiger partial charge in [0.15, 0.2) is 0 Å². The third-order valence-electron chi connectivity index (χ3n) is 0.775. The SMILES string of the molecule is C/C(=C\[C@H](C)O)CO. The summed E-state index contributed by atoms with van der Waals surface area (Å²) in [6, 6.07) is 0. The molecule has 1 atom stereocenters. The molecular formula is C6H12O2. The highest BCUT2D eigenvalue weighted by Crippen LogP contribution is 1.92. The highest BCUT2D eigenvalue weighted by molar-refractivity contribution is 5.00. The molecule has 0 amide bonds. The predicted molar refractivity (Wildman–Crippen MR) is 32.5 cm³/mol. The maximum absolute atomic E-state index is 8.67. The standard InChI is InChI=1S/C6H12O2/c1-5(4-7)3-6(2)8/h3,6-8H,4H2,1-2H3/b5-3+/t6-/m0/s1. The van der Waals surface area contributed by atoms with Crippen LogP contribution in [0.5, 0.6) is 0 Å². The zero-order valence-corrected chi connectivity index (χ0v) is 5.26. The first kappa shape index (κ1) is 7.66. The van der Waals surface area contributed by atoms with Crippen molar-refractivity contribution in [3.63, 3.8) is 0 Å². The van der Waals surface area contributed by atoms with Gasteiger partial charge >= 0.3 is 0 Å². The van der Waals surface area contributed by atoms with Crippen LogP contribution in [0.4, 0.5) is 0 Å². The molecule has 0 aromatic carbocycles. The van der Waals surface area contributed by atoms with Crippen LogP contribution in [0.3, 0.4) is 0 Å². The van der Waals surface area contributed by atoms with Crippen LogP contribution in [0.15, 0.2) is 11.6 Å². The molecule has 8 heavy (non-hydrogen) atoms. The second kappa shape index (κ2) is 3.64. The van der Waals surface area contributed by atoms with E-state index in [1.165, 1.54) is 0 Å². The molecule has 0 radical (unpaired) electrons. The van der Waals surface area contributed by atoms with Crippen molar-refractivity contribution in [1.82, 2.24) is 0 Å². The normalized spacial score (nSPS) is 16.2. The van der Waals surface area contributed by atoms with Crippen molar-refractivity contribution in [2.75, 3.05) is 6.61 Å². The Balaban J connectivity index is 3.56. The molecule has 0 aromatic rings. The van der Waals surface area contributed by atoms with Gasteiger partial charge in [0, 0.05) is 0 Å². The molecule has 0 fully saturated rings. The minimum atomic E-state index is -0.442. The van der Waals surface area contributed by atoms with Crippen molar-refractivity contribution < 1.29 is 10.2 Å². The molecule has 0 bridgehead atoms. The number of hydrogen-bond donors (Lipinski definition) is 2. The summed E-state index contributed by atoms with van der Waals surface area (Å²) in [5.74, 6) is 0. The topological polar surface area (TPSA) is 40.5 Å². The second-order valence-corrected chi connectivity index (χ2v) is 1.91. The van der Waals surface area contributed by atoms with Crippen molar-refractivity contribution in [2.24, 2.45) is 0 Å². The average Bonchev–Trinajstić information content (AvgIpc) is 1.65. The molecule has 0 aromatic heterocycles. The molecule has 0 heterocycles. The van der Waals surface area contributed by atoms with E-state index in [0.717, 1.165) is 5.57 Å². The van der Waals surface area contributed by atoms with E-state index in [1.54, 1.807) is 19.9 Å². The molecule has 0 aliphatic rings. The number of aliphatic hydroxyl groups is 2. The van der Waals surface area contributed by atoms with Crippen molar-refractivity contribution in [2.45, 2.75) is 20.0 Å². The monoisotopic (exact) mass is 116 g/mol. The molecule has 0 saturated heterocycles. The summed E-state index contributed by atoms with van der Waals surface area (Å²) in [7, 11) is 0. The third kappa shape index (κ3) is 3.84. The number of rotatable bonds is 2. The van der Waals surface area contributed by atoms with Gasteiger partial charge in [-0.2, -0.15) is 0 Å². The fraction of sp³-hybridized carbons (Fsp3) is 0.667. The minimum absolute atomic E-state index is 0.0326. The van der Waals surface area contributed by atoms with E-state index < -0.39 is 6.10 Å². The van der Waals surface area contributed by atoms with Crippen LogP contribution in [0.2, 0.25) is 0 Å². The summed E-state index contributed by atoms with van der Waals surface area (Å²) >= 11 is 0. The van der Waals surface area contributed by atoms with E-state index in [-0.39, 0.29) is 6.61 Å². The van der Waals surface area contributed by atoms with Crippen LogP contribution < -0.4 is 0 Å². The first-order chi connectivity index (χ1) is 3.66. The Morgan fingerprint density at radius 1 is 1.75 bits per heavy atom. The van der Waals surface area contributed by atoms with Crippen molar-refractivity contribution in [1.29, 1.82) is 0 Å². The minimum Gasteiger partial charge on any atom is -0.392 e. The fourth-order valence-corrected chi connectivity index (χ4v) is 0.464. The lowest BCUT2D eigenvalue weighted by molar-refractivity contribution is 0.240. The van der Waals surface area contributed by atoms with E-state index in [1.807, 2.05) is 0 Å². The van der Waals surface area contributed by atoms with E-state index in [9.17, 15) is 0 Å². The largest absolute Gasteiger partial charge is 0.392 e. The Labute approximate surface area is 49.5 Å². The Morgan fingerprint density at radius 3 is 2.38 bits per heavy atom. The summed E-state index contributed by atoms with van der Waals surface area (Å²) in [4.78, 5) is 0. The second-order valence-electron chi connectivity index (χ2n) is 1.91. The van der Waals surface area contributed by atoms with Gasteiger partial charge in [-0.3, -0.25) is 0 Å². The molecule has 0 aliphatic heterocycles. The van der Waals surface area contributed by atoms with Crippen LogP contribution in [0.1, 0.15) is 13.8 Å². The van der Waals surface area contributed by atoms with Gasteiger partial charge in [-0.15, -0.1) is 0 Å². The lowest BCUT2D eigenvalue weighted by atomic mass is 10.2. The summed E-state index contributed by atoms with van der Waals surface area (Å²) in [5, 5.41) is 17.1. The molecule has 0 saturated carbocycles. The first-order valence-corrected chi connectivity index (χ1v) is 2.63. The van der Waals surface area contributed by atoms with Gasteiger partial charge in [0.25, 0.3) is 0 Å². The molecule has 2 nitrogen and oxygen atoms in total. The zero-order valence-electron chi connectivity index (χ0n) is 5.26. The Bertz CT molecular complexity index is 84.5. The third-order valence-corrected chi connectivity index (χ3v) is 0.775. The Kier molecular flexibility index (Phi) is 3.48. The van der Waals surface area contributed by atoms with Gasteiger partial charge in [-0.05, 0) is 19.4 Å². The maximum atomic E-state index is 8.67. The molecule has 2 N–H and O–H groups in total. The molecule has 0 rings (SSSR count). The van der Waals surface area contributed by atoms with Crippen LogP contribution in [0, 0.1) is 0 Å². The van der Waals surface area contributed by atoms with Gasteiger partial charge in [-0.1, -0.05) is 6.08 Å². The number of aliphatic hydroxyl groups excluding tert-OH is 2. The predicted octanol–water partition coefficient (Wildman–Crippen LogP) is 0.306. The van der Waals surface area contributed by atoms with Gasteiger partial charge in [0.2, 0.25) is 0 Å². The van der Waals surface area contributed by atoms with E-state index >= 15 is 0 Å². The molecule has 0 unspecified atom stereocenters. The van der Waals surface area contributed by atoms with Crippen LogP contribution >= 0.6 is 0 Å².